The molecule has 1 rings (SSSR count). The summed E-state index contributed by atoms with van der Waals surface area (Å²) in [5, 5.41) is 1.65. The van der Waals surface area contributed by atoms with Crippen LogP contribution in [0.4, 0.5) is 8.78 Å². The summed E-state index contributed by atoms with van der Waals surface area (Å²) in [6, 6.07) is 1.67. The molecule has 0 atom stereocenters. The molecule has 0 amide bonds. The van der Waals surface area contributed by atoms with Crippen molar-refractivity contribution in [3.8, 4) is 0 Å². The fourth-order valence-corrected chi connectivity index (χ4v) is 1.76. The Bertz CT molecular complexity index is 244. The van der Waals surface area contributed by atoms with Crippen molar-refractivity contribution in [2.45, 2.75) is 12.8 Å². The Balaban J connectivity index is 3.00. The molecule has 1 heterocycles. The van der Waals surface area contributed by atoms with E-state index in [2.05, 4.69) is 0 Å². The molecule has 0 aliphatic rings. The van der Waals surface area contributed by atoms with Gasteiger partial charge in [0.1, 0.15) is 0 Å². The van der Waals surface area contributed by atoms with Crippen molar-refractivity contribution in [2.24, 2.45) is 5.73 Å². The highest BCUT2D eigenvalue weighted by Crippen LogP contribution is 2.33. The molecule has 4 heteroatoms. The van der Waals surface area contributed by atoms with Gasteiger partial charge >= 0.3 is 0 Å². The second kappa shape index (κ2) is 2.87. The SMILES string of the molecule is Cc1ccsc1C(F)(F)CN. The van der Waals surface area contributed by atoms with Gasteiger partial charge in [-0.15, -0.1) is 11.3 Å². The Hall–Kier alpha value is -0.480. The third kappa shape index (κ3) is 1.57. The third-order valence-electron chi connectivity index (χ3n) is 1.45. The van der Waals surface area contributed by atoms with Crippen LogP contribution in [0.5, 0.6) is 0 Å². The number of hydrogen-bond donors (Lipinski definition) is 1. The van der Waals surface area contributed by atoms with Gasteiger partial charge in [0, 0.05) is 0 Å². The minimum atomic E-state index is -2.85. The zero-order valence-electron chi connectivity index (χ0n) is 6.10. The van der Waals surface area contributed by atoms with Gasteiger partial charge in [-0.1, -0.05) is 0 Å². The third-order valence-corrected chi connectivity index (χ3v) is 2.58. The predicted molar refractivity (Wildman–Crippen MR) is 42.0 cm³/mol. The van der Waals surface area contributed by atoms with Crippen LogP contribution in [0.25, 0.3) is 0 Å². The van der Waals surface area contributed by atoms with Crippen LogP contribution in [0.3, 0.4) is 0 Å². The molecule has 0 aromatic carbocycles. The molecule has 1 aromatic rings. The van der Waals surface area contributed by atoms with Gasteiger partial charge in [0.25, 0.3) is 5.92 Å². The molecule has 0 saturated heterocycles. The monoisotopic (exact) mass is 177 g/mol. The standard InChI is InChI=1S/C7H9F2NS/c1-5-2-3-11-6(5)7(8,9)4-10/h2-3H,4,10H2,1H3. The number of rotatable bonds is 2. The molecule has 0 radical (unpaired) electrons. The van der Waals surface area contributed by atoms with Crippen LogP contribution in [0.15, 0.2) is 11.4 Å². The van der Waals surface area contributed by atoms with E-state index in [9.17, 15) is 8.78 Å². The van der Waals surface area contributed by atoms with E-state index in [0.717, 1.165) is 11.3 Å². The largest absolute Gasteiger partial charge is 0.325 e. The van der Waals surface area contributed by atoms with E-state index in [0.29, 0.717) is 5.56 Å². The number of nitrogens with two attached hydrogens (primary N) is 1. The molecule has 0 bridgehead atoms. The topological polar surface area (TPSA) is 26.0 Å². The van der Waals surface area contributed by atoms with Gasteiger partial charge < -0.3 is 5.73 Å². The van der Waals surface area contributed by atoms with Crippen LogP contribution in [-0.2, 0) is 5.92 Å². The fourth-order valence-electron chi connectivity index (χ4n) is 0.840. The van der Waals surface area contributed by atoms with Crippen LogP contribution in [0.1, 0.15) is 10.4 Å². The summed E-state index contributed by atoms with van der Waals surface area (Å²) >= 11 is 1.05. The minimum absolute atomic E-state index is 0.0833. The molecule has 0 saturated carbocycles. The lowest BCUT2D eigenvalue weighted by Crippen LogP contribution is -2.24. The number of aryl methyl sites for hydroxylation is 1. The smallest absolute Gasteiger partial charge is 0.294 e. The first-order chi connectivity index (χ1) is 5.08. The zero-order valence-corrected chi connectivity index (χ0v) is 6.92. The van der Waals surface area contributed by atoms with E-state index < -0.39 is 12.5 Å². The van der Waals surface area contributed by atoms with E-state index >= 15 is 0 Å². The van der Waals surface area contributed by atoms with Crippen LogP contribution in [0, 0.1) is 6.92 Å². The van der Waals surface area contributed by atoms with E-state index in [-0.39, 0.29) is 4.88 Å². The van der Waals surface area contributed by atoms with E-state index in [1.807, 2.05) is 0 Å². The molecule has 1 aromatic heterocycles. The minimum Gasteiger partial charge on any atom is -0.325 e. The average Bonchev–Trinajstić information content (AvgIpc) is 2.36. The number of hydrogen-bond acceptors (Lipinski definition) is 2. The van der Waals surface area contributed by atoms with Gasteiger partial charge in [0.05, 0.1) is 11.4 Å². The van der Waals surface area contributed by atoms with Gasteiger partial charge in [0.15, 0.2) is 0 Å². The van der Waals surface area contributed by atoms with Crippen molar-refractivity contribution in [1.82, 2.24) is 0 Å². The van der Waals surface area contributed by atoms with E-state index in [1.54, 1.807) is 18.4 Å². The molecule has 11 heavy (non-hydrogen) atoms. The summed E-state index contributed by atoms with van der Waals surface area (Å²) < 4.78 is 25.7. The normalized spacial score (nSPS) is 12.0. The van der Waals surface area contributed by atoms with E-state index in [1.165, 1.54) is 0 Å². The maximum Gasteiger partial charge on any atom is 0.294 e. The van der Waals surface area contributed by atoms with Gasteiger partial charge in [-0.25, -0.2) is 0 Å². The van der Waals surface area contributed by atoms with Crippen LogP contribution >= 0.6 is 11.3 Å². The van der Waals surface area contributed by atoms with Gasteiger partial charge in [-0.3, -0.25) is 0 Å². The maximum absolute atomic E-state index is 12.9. The van der Waals surface area contributed by atoms with Crippen molar-refractivity contribution in [3.05, 3.63) is 21.9 Å². The Morgan fingerprint density at radius 3 is 2.64 bits per heavy atom. The van der Waals surface area contributed by atoms with Crippen molar-refractivity contribution in [3.63, 3.8) is 0 Å². The van der Waals surface area contributed by atoms with Crippen molar-refractivity contribution < 1.29 is 8.78 Å². The van der Waals surface area contributed by atoms with Crippen molar-refractivity contribution in [2.75, 3.05) is 6.54 Å². The highest BCUT2D eigenvalue weighted by Gasteiger charge is 2.32. The summed E-state index contributed by atoms with van der Waals surface area (Å²) in [6.07, 6.45) is 0. The molecule has 0 spiro atoms. The van der Waals surface area contributed by atoms with Crippen molar-refractivity contribution >= 4 is 11.3 Å². The number of thiophene rings is 1. The Labute approximate surface area is 67.8 Å². The lowest BCUT2D eigenvalue weighted by Gasteiger charge is -2.12. The summed E-state index contributed by atoms with van der Waals surface area (Å²) in [5.41, 5.74) is 5.54. The van der Waals surface area contributed by atoms with Crippen LogP contribution in [-0.4, -0.2) is 6.54 Å². The quantitative estimate of drug-likeness (QED) is 0.735. The molecule has 0 aliphatic carbocycles. The molecular formula is C7H9F2NS. The first kappa shape index (κ1) is 8.62. The second-order valence-electron chi connectivity index (χ2n) is 2.34. The van der Waals surface area contributed by atoms with Crippen LogP contribution < -0.4 is 5.73 Å². The lowest BCUT2D eigenvalue weighted by atomic mass is 10.2. The first-order valence-electron chi connectivity index (χ1n) is 3.20. The van der Waals surface area contributed by atoms with E-state index in [4.69, 9.17) is 5.73 Å². The number of alkyl halides is 2. The molecule has 0 aliphatic heterocycles. The fraction of sp³-hybridized carbons (Fsp3) is 0.429. The Morgan fingerprint density at radius 1 is 1.64 bits per heavy atom. The molecule has 62 valence electrons. The Morgan fingerprint density at radius 2 is 2.27 bits per heavy atom. The summed E-state index contributed by atoms with van der Waals surface area (Å²) in [5.74, 6) is -2.85. The van der Waals surface area contributed by atoms with Gasteiger partial charge in [-0.05, 0) is 23.9 Å². The maximum atomic E-state index is 12.9. The lowest BCUT2D eigenvalue weighted by molar-refractivity contribution is 0.00933. The summed E-state index contributed by atoms with van der Waals surface area (Å²) in [7, 11) is 0. The van der Waals surface area contributed by atoms with Crippen molar-refractivity contribution in [1.29, 1.82) is 0 Å². The summed E-state index contributed by atoms with van der Waals surface area (Å²) in [6.45, 7) is 1.05. The predicted octanol–water partition coefficient (Wildman–Crippen LogP) is 2.11. The van der Waals surface area contributed by atoms with Crippen LogP contribution in [0.2, 0.25) is 0 Å². The zero-order chi connectivity index (χ0) is 8.48. The molecule has 0 unspecified atom stereocenters. The molecular weight excluding hydrogens is 168 g/mol. The number of halogens is 2. The molecule has 2 N–H and O–H groups in total. The second-order valence-corrected chi connectivity index (χ2v) is 3.26. The molecule has 0 fully saturated rings. The Kier molecular flexibility index (Phi) is 2.25. The summed E-state index contributed by atoms with van der Waals surface area (Å²) in [4.78, 5) is 0.0833. The van der Waals surface area contributed by atoms with Gasteiger partial charge in [0.2, 0.25) is 0 Å². The first-order valence-corrected chi connectivity index (χ1v) is 4.08. The van der Waals surface area contributed by atoms with Gasteiger partial charge in [-0.2, -0.15) is 8.78 Å². The average molecular weight is 177 g/mol. The highest BCUT2D eigenvalue weighted by molar-refractivity contribution is 7.10. The highest BCUT2D eigenvalue weighted by atomic mass is 32.1. The molecule has 1 nitrogen and oxygen atoms in total.